The summed E-state index contributed by atoms with van der Waals surface area (Å²) in [5.41, 5.74) is -0.0701. The van der Waals surface area contributed by atoms with Gasteiger partial charge in [0.05, 0.1) is 10.6 Å². The van der Waals surface area contributed by atoms with Gasteiger partial charge in [0.1, 0.15) is 0 Å². The standard InChI is InChI=1S/C12H15ClF2N2O.ClH/c1-3-16-7(2)6-17-12(18)8-4-10(14)11(15)5-9(8)13;/h4-5,7,16H,3,6H2,1-2H3,(H,17,18);1H/t7-;/m1./s1. The number of rotatable bonds is 5. The van der Waals surface area contributed by atoms with E-state index in [4.69, 9.17) is 11.6 Å². The molecule has 0 aliphatic rings. The van der Waals surface area contributed by atoms with Crippen LogP contribution in [0.2, 0.25) is 5.02 Å². The normalized spacial score (nSPS) is 11.6. The number of likely N-dealkylation sites (N-methyl/N-ethyl adjacent to an activating group) is 1. The summed E-state index contributed by atoms with van der Waals surface area (Å²) in [5.74, 6) is -2.69. The van der Waals surface area contributed by atoms with Crippen molar-refractivity contribution in [2.24, 2.45) is 0 Å². The largest absolute Gasteiger partial charge is 0.350 e. The van der Waals surface area contributed by atoms with E-state index in [-0.39, 0.29) is 29.0 Å². The molecule has 1 aromatic rings. The van der Waals surface area contributed by atoms with Crippen molar-refractivity contribution in [2.45, 2.75) is 19.9 Å². The first-order valence-corrected chi connectivity index (χ1v) is 5.99. The first kappa shape index (κ1) is 18.1. The van der Waals surface area contributed by atoms with Gasteiger partial charge in [-0.1, -0.05) is 18.5 Å². The molecule has 0 aliphatic carbocycles. The minimum absolute atomic E-state index is 0. The number of carbonyl (C=O) groups excluding carboxylic acids is 1. The molecule has 0 saturated heterocycles. The lowest BCUT2D eigenvalue weighted by Gasteiger charge is -2.13. The number of amides is 1. The number of benzene rings is 1. The predicted octanol–water partition coefficient (Wildman–Crippen LogP) is 2.77. The van der Waals surface area contributed by atoms with E-state index in [1.165, 1.54) is 0 Å². The van der Waals surface area contributed by atoms with Crippen LogP contribution in [0.5, 0.6) is 0 Å². The van der Waals surface area contributed by atoms with Gasteiger partial charge >= 0.3 is 0 Å². The molecule has 2 N–H and O–H groups in total. The summed E-state index contributed by atoms with van der Waals surface area (Å²) < 4.78 is 25.8. The van der Waals surface area contributed by atoms with Gasteiger partial charge in [-0.05, 0) is 25.6 Å². The van der Waals surface area contributed by atoms with E-state index in [1.54, 1.807) is 0 Å². The second-order valence-electron chi connectivity index (χ2n) is 3.91. The van der Waals surface area contributed by atoms with Crippen LogP contribution in [0.15, 0.2) is 12.1 Å². The van der Waals surface area contributed by atoms with Crippen molar-refractivity contribution in [3.63, 3.8) is 0 Å². The molecule has 0 spiro atoms. The summed E-state index contributed by atoms with van der Waals surface area (Å²) in [4.78, 5) is 11.7. The van der Waals surface area contributed by atoms with Crippen LogP contribution in [0.4, 0.5) is 8.78 Å². The Bertz CT molecular complexity index is 444. The van der Waals surface area contributed by atoms with Gasteiger partial charge in [0.15, 0.2) is 11.6 Å². The Labute approximate surface area is 122 Å². The van der Waals surface area contributed by atoms with Gasteiger partial charge in [-0.25, -0.2) is 8.78 Å². The molecule has 0 saturated carbocycles. The van der Waals surface area contributed by atoms with Crippen LogP contribution in [-0.4, -0.2) is 25.0 Å². The van der Waals surface area contributed by atoms with E-state index >= 15 is 0 Å². The SMILES string of the molecule is CCN[C@H](C)CNC(=O)c1cc(F)c(F)cc1Cl.Cl. The van der Waals surface area contributed by atoms with Gasteiger partial charge in [0, 0.05) is 12.6 Å². The van der Waals surface area contributed by atoms with E-state index < -0.39 is 17.5 Å². The molecule has 7 heteroatoms. The minimum atomic E-state index is -1.09. The molecule has 0 unspecified atom stereocenters. The lowest BCUT2D eigenvalue weighted by molar-refractivity contribution is 0.0950. The maximum Gasteiger partial charge on any atom is 0.252 e. The predicted molar refractivity (Wildman–Crippen MR) is 74.1 cm³/mol. The second-order valence-corrected chi connectivity index (χ2v) is 4.32. The van der Waals surface area contributed by atoms with Gasteiger partial charge in [-0.3, -0.25) is 4.79 Å². The zero-order valence-corrected chi connectivity index (χ0v) is 12.2. The third-order valence-electron chi connectivity index (χ3n) is 2.38. The number of hydrogen-bond acceptors (Lipinski definition) is 2. The number of halogens is 4. The molecule has 0 aromatic heterocycles. The van der Waals surface area contributed by atoms with Crippen LogP contribution in [-0.2, 0) is 0 Å². The van der Waals surface area contributed by atoms with E-state index in [9.17, 15) is 13.6 Å². The zero-order chi connectivity index (χ0) is 13.7. The molecule has 1 aromatic carbocycles. The van der Waals surface area contributed by atoms with Gasteiger partial charge in [0.25, 0.3) is 5.91 Å². The van der Waals surface area contributed by atoms with Crippen molar-refractivity contribution < 1.29 is 13.6 Å². The van der Waals surface area contributed by atoms with Crippen LogP contribution < -0.4 is 10.6 Å². The third kappa shape index (κ3) is 5.30. The van der Waals surface area contributed by atoms with Gasteiger partial charge < -0.3 is 10.6 Å². The van der Waals surface area contributed by atoms with Crippen LogP contribution in [0, 0.1) is 11.6 Å². The van der Waals surface area contributed by atoms with Crippen LogP contribution in [0.25, 0.3) is 0 Å². The summed E-state index contributed by atoms with van der Waals surface area (Å²) in [6, 6.07) is 1.67. The molecular weight excluding hydrogens is 297 g/mol. The monoisotopic (exact) mass is 312 g/mol. The Balaban J connectivity index is 0.00000324. The van der Waals surface area contributed by atoms with Crippen LogP contribution in [0.3, 0.4) is 0 Å². The fraction of sp³-hybridized carbons (Fsp3) is 0.417. The highest BCUT2D eigenvalue weighted by Crippen LogP contribution is 2.19. The van der Waals surface area contributed by atoms with Crippen molar-refractivity contribution in [2.75, 3.05) is 13.1 Å². The molecule has 0 heterocycles. The van der Waals surface area contributed by atoms with Crippen molar-refractivity contribution in [1.82, 2.24) is 10.6 Å². The quantitative estimate of drug-likeness (QED) is 0.821. The van der Waals surface area contributed by atoms with E-state index in [0.29, 0.717) is 6.54 Å². The molecule has 0 aliphatic heterocycles. The highest BCUT2D eigenvalue weighted by Gasteiger charge is 2.15. The Morgan fingerprint density at radius 1 is 1.37 bits per heavy atom. The van der Waals surface area contributed by atoms with Gasteiger partial charge in [-0.15, -0.1) is 12.4 Å². The lowest BCUT2D eigenvalue weighted by atomic mass is 10.2. The van der Waals surface area contributed by atoms with Crippen molar-refractivity contribution in [1.29, 1.82) is 0 Å². The Morgan fingerprint density at radius 3 is 2.53 bits per heavy atom. The summed E-state index contributed by atoms with van der Waals surface area (Å²) in [6.07, 6.45) is 0. The average molecular weight is 313 g/mol. The minimum Gasteiger partial charge on any atom is -0.350 e. The topological polar surface area (TPSA) is 41.1 Å². The number of carbonyl (C=O) groups is 1. The zero-order valence-electron chi connectivity index (χ0n) is 10.6. The van der Waals surface area contributed by atoms with E-state index in [1.807, 2.05) is 13.8 Å². The summed E-state index contributed by atoms with van der Waals surface area (Å²) >= 11 is 5.69. The summed E-state index contributed by atoms with van der Waals surface area (Å²) in [6.45, 7) is 5.01. The maximum absolute atomic E-state index is 13.0. The molecule has 108 valence electrons. The first-order chi connectivity index (χ1) is 8.45. The van der Waals surface area contributed by atoms with Gasteiger partial charge in [-0.2, -0.15) is 0 Å². The lowest BCUT2D eigenvalue weighted by Crippen LogP contribution is -2.38. The Kier molecular flexibility index (Phi) is 7.90. The van der Waals surface area contributed by atoms with Crippen LogP contribution >= 0.6 is 24.0 Å². The smallest absolute Gasteiger partial charge is 0.252 e. The molecule has 1 amide bonds. The number of nitrogens with one attached hydrogen (secondary N) is 2. The Morgan fingerprint density at radius 2 is 1.95 bits per heavy atom. The molecule has 19 heavy (non-hydrogen) atoms. The van der Waals surface area contributed by atoms with Crippen LogP contribution in [0.1, 0.15) is 24.2 Å². The highest BCUT2D eigenvalue weighted by atomic mass is 35.5. The number of hydrogen-bond donors (Lipinski definition) is 2. The second kappa shape index (κ2) is 8.30. The average Bonchev–Trinajstić information content (AvgIpc) is 2.31. The summed E-state index contributed by atoms with van der Waals surface area (Å²) in [7, 11) is 0. The van der Waals surface area contributed by atoms with Crippen molar-refractivity contribution in [3.8, 4) is 0 Å². The third-order valence-corrected chi connectivity index (χ3v) is 2.69. The fourth-order valence-electron chi connectivity index (χ4n) is 1.46. The molecule has 0 bridgehead atoms. The molecule has 0 fully saturated rings. The molecule has 1 rings (SSSR count). The van der Waals surface area contributed by atoms with Gasteiger partial charge in [0.2, 0.25) is 0 Å². The van der Waals surface area contributed by atoms with E-state index in [0.717, 1.165) is 18.7 Å². The first-order valence-electron chi connectivity index (χ1n) is 5.61. The van der Waals surface area contributed by atoms with E-state index in [2.05, 4.69) is 10.6 Å². The molecule has 3 nitrogen and oxygen atoms in total. The maximum atomic E-state index is 13.0. The van der Waals surface area contributed by atoms with Crippen molar-refractivity contribution in [3.05, 3.63) is 34.4 Å². The van der Waals surface area contributed by atoms with Crippen molar-refractivity contribution >= 4 is 29.9 Å². The Hall–Kier alpha value is -0.910. The molecular formula is C12H16Cl2F2N2O. The molecule has 0 radical (unpaired) electrons. The fourth-order valence-corrected chi connectivity index (χ4v) is 1.69. The highest BCUT2D eigenvalue weighted by molar-refractivity contribution is 6.33. The summed E-state index contributed by atoms with van der Waals surface area (Å²) in [5, 5.41) is 5.59. The molecule has 1 atom stereocenters.